The van der Waals surface area contributed by atoms with Crippen molar-refractivity contribution in [3.8, 4) is 0 Å². The maximum Gasteiger partial charge on any atom is 0.137 e. The summed E-state index contributed by atoms with van der Waals surface area (Å²) in [5.74, 6) is -2.12. The molecule has 0 spiro atoms. The van der Waals surface area contributed by atoms with Gasteiger partial charge in [0.1, 0.15) is 23.5 Å². The third-order valence-corrected chi connectivity index (χ3v) is 4.38. The van der Waals surface area contributed by atoms with Crippen LogP contribution >= 0.6 is 11.6 Å². The summed E-state index contributed by atoms with van der Waals surface area (Å²) in [5, 5.41) is 22.1. The van der Waals surface area contributed by atoms with E-state index in [1.165, 1.54) is 6.20 Å². The fourth-order valence-electron chi connectivity index (χ4n) is 2.73. The topological polar surface area (TPSA) is 53.4 Å². The average Bonchev–Trinajstić information content (AvgIpc) is 2.67. The number of aromatic nitrogens is 1. The van der Waals surface area contributed by atoms with E-state index >= 15 is 0 Å². The van der Waals surface area contributed by atoms with Gasteiger partial charge in [-0.2, -0.15) is 0 Å². The van der Waals surface area contributed by atoms with Gasteiger partial charge in [-0.05, 0) is 35.9 Å². The number of benzene rings is 2. The number of hydrogen-bond donors (Lipinski definition) is 2. The van der Waals surface area contributed by atoms with Crippen molar-refractivity contribution in [1.29, 1.82) is 0 Å². The van der Waals surface area contributed by atoms with E-state index in [-0.39, 0.29) is 17.6 Å². The Hall–Kier alpha value is -2.76. The molecule has 1 heterocycles. The lowest BCUT2D eigenvalue weighted by molar-refractivity contribution is 0.210. The molecule has 0 radical (unpaired) electrons. The number of nitrogens with zero attached hydrogens (tertiary/aromatic N) is 1. The first-order chi connectivity index (χ1) is 13.0. The van der Waals surface area contributed by atoms with Crippen molar-refractivity contribution in [3.63, 3.8) is 0 Å². The number of pyridine rings is 1. The van der Waals surface area contributed by atoms with Gasteiger partial charge in [0.2, 0.25) is 0 Å². The van der Waals surface area contributed by atoms with Crippen LogP contribution in [-0.2, 0) is 6.42 Å². The first-order valence-electron chi connectivity index (χ1n) is 8.15. The Morgan fingerprint density at radius 2 is 1.81 bits per heavy atom. The fraction of sp³-hybridized carbons (Fsp3) is 0.0952. The predicted molar refractivity (Wildman–Crippen MR) is 100 cm³/mol. The first kappa shape index (κ1) is 19.0. The summed E-state index contributed by atoms with van der Waals surface area (Å²) in [5.41, 5.74) is 1.17. The molecule has 0 amide bonds. The van der Waals surface area contributed by atoms with Crippen LogP contribution in [0.1, 0.15) is 22.8 Å². The Kier molecular flexibility index (Phi) is 5.84. The summed E-state index contributed by atoms with van der Waals surface area (Å²) in [6.07, 6.45) is 1.92. The Morgan fingerprint density at radius 3 is 2.44 bits per heavy atom. The fourth-order valence-corrected chi connectivity index (χ4v) is 2.85. The second-order valence-corrected chi connectivity index (χ2v) is 6.43. The van der Waals surface area contributed by atoms with Crippen LogP contribution in [0.15, 0.2) is 72.6 Å². The van der Waals surface area contributed by atoms with E-state index in [4.69, 9.17) is 11.6 Å². The van der Waals surface area contributed by atoms with Gasteiger partial charge in [-0.15, -0.1) is 0 Å². The third-order valence-electron chi connectivity index (χ3n) is 4.13. The first-order valence-corrected chi connectivity index (χ1v) is 8.53. The van der Waals surface area contributed by atoms with Crippen LogP contribution < -0.4 is 0 Å². The number of hydrogen-bond acceptors (Lipinski definition) is 3. The van der Waals surface area contributed by atoms with Crippen molar-refractivity contribution in [2.24, 2.45) is 0 Å². The lowest BCUT2D eigenvalue weighted by Crippen LogP contribution is -2.09. The quantitative estimate of drug-likeness (QED) is 0.587. The molecule has 0 saturated carbocycles. The Balaban J connectivity index is 2.09. The van der Waals surface area contributed by atoms with E-state index in [1.54, 1.807) is 42.6 Å². The maximum absolute atomic E-state index is 14.2. The van der Waals surface area contributed by atoms with Gasteiger partial charge in [0.05, 0.1) is 5.56 Å². The zero-order valence-corrected chi connectivity index (χ0v) is 14.9. The summed E-state index contributed by atoms with van der Waals surface area (Å²) in [7, 11) is 0. The number of aliphatic hydroxyl groups excluding tert-OH is 2. The SMILES string of the molecule is O/C(=C(\Cc1ccc(Cl)cc1)C(O)c1cccnc1)c1ccc(F)cc1F. The normalized spacial score (nSPS) is 13.2. The Morgan fingerprint density at radius 1 is 1.07 bits per heavy atom. The van der Waals surface area contributed by atoms with Gasteiger partial charge in [0.15, 0.2) is 0 Å². The summed E-state index contributed by atoms with van der Waals surface area (Å²) in [6, 6.07) is 13.0. The van der Waals surface area contributed by atoms with Crippen LogP contribution in [0.25, 0.3) is 5.76 Å². The van der Waals surface area contributed by atoms with Gasteiger partial charge in [-0.1, -0.05) is 29.8 Å². The van der Waals surface area contributed by atoms with Crippen molar-refractivity contribution in [1.82, 2.24) is 4.98 Å². The molecule has 0 saturated heterocycles. The lowest BCUT2D eigenvalue weighted by Gasteiger charge is -2.18. The highest BCUT2D eigenvalue weighted by atomic mass is 35.5. The van der Waals surface area contributed by atoms with E-state index < -0.39 is 23.5 Å². The van der Waals surface area contributed by atoms with Crippen molar-refractivity contribution in [3.05, 3.63) is 106 Å². The molecule has 0 aliphatic rings. The highest BCUT2D eigenvalue weighted by Crippen LogP contribution is 2.31. The second-order valence-electron chi connectivity index (χ2n) is 5.99. The van der Waals surface area contributed by atoms with Gasteiger partial charge in [0.25, 0.3) is 0 Å². The zero-order chi connectivity index (χ0) is 19.4. The molecule has 0 fully saturated rings. The minimum atomic E-state index is -1.22. The predicted octanol–water partition coefficient (Wildman–Crippen LogP) is 5.26. The largest absolute Gasteiger partial charge is 0.507 e. The van der Waals surface area contributed by atoms with Crippen molar-refractivity contribution in [2.45, 2.75) is 12.5 Å². The molecule has 0 bridgehead atoms. The number of rotatable bonds is 5. The molecule has 1 aromatic heterocycles. The second kappa shape index (κ2) is 8.29. The number of aliphatic hydroxyl groups is 2. The Labute approximate surface area is 160 Å². The molecule has 138 valence electrons. The molecule has 6 heteroatoms. The van der Waals surface area contributed by atoms with Crippen LogP contribution in [0.4, 0.5) is 8.78 Å². The lowest BCUT2D eigenvalue weighted by atomic mass is 9.93. The number of halogens is 3. The van der Waals surface area contributed by atoms with Crippen LogP contribution in [0.2, 0.25) is 5.02 Å². The minimum Gasteiger partial charge on any atom is -0.507 e. The summed E-state index contributed by atoms with van der Waals surface area (Å²) in [6.45, 7) is 0. The van der Waals surface area contributed by atoms with E-state index in [9.17, 15) is 19.0 Å². The summed E-state index contributed by atoms with van der Waals surface area (Å²) in [4.78, 5) is 3.96. The molecule has 27 heavy (non-hydrogen) atoms. The van der Waals surface area contributed by atoms with Crippen LogP contribution in [-0.4, -0.2) is 15.2 Å². The van der Waals surface area contributed by atoms with E-state index in [2.05, 4.69) is 4.98 Å². The molecular weight excluding hydrogens is 372 g/mol. The molecule has 3 aromatic rings. The van der Waals surface area contributed by atoms with Gasteiger partial charge in [0, 0.05) is 41.0 Å². The third kappa shape index (κ3) is 4.51. The maximum atomic E-state index is 14.2. The average molecular weight is 388 g/mol. The molecule has 1 atom stereocenters. The molecule has 1 unspecified atom stereocenters. The smallest absolute Gasteiger partial charge is 0.137 e. The molecule has 0 aliphatic heterocycles. The molecule has 2 N–H and O–H groups in total. The van der Waals surface area contributed by atoms with E-state index in [1.807, 2.05) is 0 Å². The summed E-state index contributed by atoms with van der Waals surface area (Å²) < 4.78 is 27.4. The standard InChI is InChI=1S/C21H16ClF2NO2/c22-15-5-3-13(4-6-15)10-18(20(26)14-2-1-9-25-12-14)21(27)17-8-7-16(23)11-19(17)24/h1-9,11-12,20,26-27H,10H2/b21-18+. The van der Waals surface area contributed by atoms with Gasteiger partial charge in [-0.25, -0.2) is 8.78 Å². The van der Waals surface area contributed by atoms with Crippen molar-refractivity contribution < 1.29 is 19.0 Å². The van der Waals surface area contributed by atoms with Gasteiger partial charge < -0.3 is 10.2 Å². The summed E-state index contributed by atoms with van der Waals surface area (Å²) >= 11 is 5.90. The molecule has 0 aliphatic carbocycles. The molecule has 2 aromatic carbocycles. The van der Waals surface area contributed by atoms with Gasteiger partial charge in [-0.3, -0.25) is 4.98 Å². The zero-order valence-electron chi connectivity index (χ0n) is 14.1. The van der Waals surface area contributed by atoms with Crippen LogP contribution in [0.5, 0.6) is 0 Å². The highest BCUT2D eigenvalue weighted by Gasteiger charge is 2.22. The molecule has 3 rings (SSSR count). The molecular formula is C21H16ClF2NO2. The van der Waals surface area contributed by atoms with Crippen molar-refractivity contribution in [2.75, 3.05) is 0 Å². The van der Waals surface area contributed by atoms with Gasteiger partial charge >= 0.3 is 0 Å². The Bertz CT molecular complexity index is 960. The minimum absolute atomic E-state index is 0.135. The highest BCUT2D eigenvalue weighted by molar-refractivity contribution is 6.30. The monoisotopic (exact) mass is 387 g/mol. The van der Waals surface area contributed by atoms with Crippen LogP contribution in [0, 0.1) is 11.6 Å². The van der Waals surface area contributed by atoms with E-state index in [0.29, 0.717) is 16.7 Å². The van der Waals surface area contributed by atoms with E-state index in [0.717, 1.165) is 17.7 Å². The van der Waals surface area contributed by atoms with Crippen LogP contribution in [0.3, 0.4) is 0 Å². The van der Waals surface area contributed by atoms with Crippen molar-refractivity contribution >= 4 is 17.4 Å². The molecule has 3 nitrogen and oxygen atoms in total.